The summed E-state index contributed by atoms with van der Waals surface area (Å²) in [4.78, 5) is 22.4. The van der Waals surface area contributed by atoms with E-state index in [1.54, 1.807) is 11.6 Å². The first-order chi connectivity index (χ1) is 10.7. The summed E-state index contributed by atoms with van der Waals surface area (Å²) >= 11 is 1.39. The average molecular weight is 319 g/mol. The zero-order chi connectivity index (χ0) is 15.1. The Morgan fingerprint density at radius 1 is 1.50 bits per heavy atom. The predicted molar refractivity (Wildman–Crippen MR) is 80.3 cm³/mol. The van der Waals surface area contributed by atoms with E-state index in [1.807, 2.05) is 4.90 Å². The second kappa shape index (κ2) is 5.05. The van der Waals surface area contributed by atoms with Crippen LogP contribution in [-0.2, 0) is 0 Å². The SMILES string of the molecule is O=[N+]([O-])c1c(N2CCC[C@H](c3ncn[nH]3)C2)nc2sccn12. The Kier molecular flexibility index (Phi) is 3.03. The van der Waals surface area contributed by atoms with Gasteiger partial charge in [-0.1, -0.05) is 11.3 Å². The normalized spacial score (nSPS) is 18.9. The van der Waals surface area contributed by atoms with Crippen molar-refractivity contribution >= 4 is 27.9 Å². The Labute approximate surface area is 128 Å². The van der Waals surface area contributed by atoms with Gasteiger partial charge in [0.15, 0.2) is 0 Å². The van der Waals surface area contributed by atoms with Crippen molar-refractivity contribution in [2.75, 3.05) is 18.0 Å². The summed E-state index contributed by atoms with van der Waals surface area (Å²) in [5.74, 6) is 1.50. The second-order valence-electron chi connectivity index (χ2n) is 5.23. The number of nitrogens with one attached hydrogen (secondary N) is 1. The van der Waals surface area contributed by atoms with Crippen molar-refractivity contribution in [2.24, 2.45) is 0 Å². The van der Waals surface area contributed by atoms with Crippen LogP contribution in [0, 0.1) is 10.1 Å². The van der Waals surface area contributed by atoms with E-state index < -0.39 is 0 Å². The third-order valence-electron chi connectivity index (χ3n) is 3.93. The lowest BCUT2D eigenvalue weighted by molar-refractivity contribution is -0.389. The summed E-state index contributed by atoms with van der Waals surface area (Å²) < 4.78 is 1.54. The first-order valence-corrected chi connectivity index (χ1v) is 7.82. The molecule has 1 fully saturated rings. The first-order valence-electron chi connectivity index (χ1n) is 6.94. The highest BCUT2D eigenvalue weighted by Gasteiger charge is 2.32. The number of thiazole rings is 1. The summed E-state index contributed by atoms with van der Waals surface area (Å²) in [5, 5.41) is 20.0. The van der Waals surface area contributed by atoms with Crippen molar-refractivity contribution in [3.05, 3.63) is 33.8 Å². The maximum Gasteiger partial charge on any atom is 0.373 e. The highest BCUT2D eigenvalue weighted by atomic mass is 32.1. The van der Waals surface area contributed by atoms with Gasteiger partial charge in [0, 0.05) is 24.4 Å². The van der Waals surface area contributed by atoms with Crippen LogP contribution >= 0.6 is 11.3 Å². The Morgan fingerprint density at radius 3 is 3.18 bits per heavy atom. The molecule has 9 nitrogen and oxygen atoms in total. The van der Waals surface area contributed by atoms with E-state index in [2.05, 4.69) is 20.2 Å². The van der Waals surface area contributed by atoms with Crippen LogP contribution in [0.5, 0.6) is 0 Å². The van der Waals surface area contributed by atoms with Crippen LogP contribution in [0.15, 0.2) is 17.9 Å². The van der Waals surface area contributed by atoms with Crippen LogP contribution in [0.3, 0.4) is 0 Å². The molecule has 0 aromatic carbocycles. The molecule has 0 aliphatic carbocycles. The van der Waals surface area contributed by atoms with Crippen molar-refractivity contribution < 1.29 is 4.92 Å². The minimum atomic E-state index is -0.361. The summed E-state index contributed by atoms with van der Waals surface area (Å²) in [7, 11) is 0. The van der Waals surface area contributed by atoms with Crippen LogP contribution in [-0.4, -0.2) is 42.6 Å². The van der Waals surface area contributed by atoms with E-state index in [0.29, 0.717) is 17.3 Å². The highest BCUT2D eigenvalue weighted by molar-refractivity contribution is 7.15. The minimum absolute atomic E-state index is 0.0365. The molecular weight excluding hydrogens is 306 g/mol. The number of nitro groups is 1. The number of piperidine rings is 1. The Hall–Kier alpha value is -2.49. The smallest absolute Gasteiger partial charge is 0.358 e. The highest BCUT2D eigenvalue weighted by Crippen LogP contribution is 2.35. The second-order valence-corrected chi connectivity index (χ2v) is 6.10. The fraction of sp³-hybridized carbons (Fsp3) is 0.417. The molecule has 1 N–H and O–H groups in total. The third-order valence-corrected chi connectivity index (χ3v) is 4.69. The van der Waals surface area contributed by atoms with Crippen molar-refractivity contribution in [3.63, 3.8) is 0 Å². The van der Waals surface area contributed by atoms with Gasteiger partial charge >= 0.3 is 5.82 Å². The van der Waals surface area contributed by atoms with Gasteiger partial charge in [0.25, 0.3) is 4.96 Å². The van der Waals surface area contributed by atoms with Crippen molar-refractivity contribution in [1.82, 2.24) is 24.6 Å². The van der Waals surface area contributed by atoms with Crippen LogP contribution in [0.4, 0.5) is 11.6 Å². The molecule has 0 saturated carbocycles. The molecule has 0 unspecified atom stereocenters. The monoisotopic (exact) mass is 319 g/mol. The number of rotatable bonds is 3. The molecule has 114 valence electrons. The Morgan fingerprint density at radius 2 is 2.41 bits per heavy atom. The summed E-state index contributed by atoms with van der Waals surface area (Å²) in [6, 6.07) is 0. The van der Waals surface area contributed by atoms with Crippen LogP contribution in [0.25, 0.3) is 4.96 Å². The number of hydrogen-bond donors (Lipinski definition) is 1. The first kappa shape index (κ1) is 13.2. The van der Waals surface area contributed by atoms with Gasteiger partial charge in [-0.2, -0.15) is 14.5 Å². The maximum absolute atomic E-state index is 11.4. The van der Waals surface area contributed by atoms with E-state index in [0.717, 1.165) is 25.2 Å². The molecule has 0 radical (unpaired) electrons. The average Bonchev–Trinajstić information content (AvgIpc) is 3.23. The van der Waals surface area contributed by atoms with Gasteiger partial charge in [0.1, 0.15) is 18.3 Å². The largest absolute Gasteiger partial charge is 0.373 e. The lowest BCUT2D eigenvalue weighted by Crippen LogP contribution is -2.35. The number of aromatic nitrogens is 5. The summed E-state index contributed by atoms with van der Waals surface area (Å²) in [6.07, 6.45) is 5.10. The number of fused-ring (bicyclic) bond motifs is 1. The lowest BCUT2D eigenvalue weighted by atomic mass is 9.97. The van der Waals surface area contributed by atoms with Gasteiger partial charge in [-0.25, -0.2) is 4.98 Å². The van der Waals surface area contributed by atoms with Crippen LogP contribution in [0.1, 0.15) is 24.6 Å². The van der Waals surface area contributed by atoms with Crippen molar-refractivity contribution in [2.45, 2.75) is 18.8 Å². The molecule has 3 aromatic heterocycles. The molecule has 22 heavy (non-hydrogen) atoms. The standard InChI is InChI=1S/C12H13N7O2S/c20-19(21)11-10(15-12-18(11)4-5-22-12)17-3-1-2-8(6-17)9-13-7-14-16-9/h4-5,7-8H,1-3,6H2,(H,13,14,16)/t8-/m0/s1. The quantitative estimate of drug-likeness (QED) is 0.583. The molecule has 1 aliphatic heterocycles. The molecule has 10 heteroatoms. The topological polar surface area (TPSA) is 105 Å². The fourth-order valence-corrected chi connectivity index (χ4v) is 3.65. The molecule has 1 saturated heterocycles. The van der Waals surface area contributed by atoms with E-state index in [-0.39, 0.29) is 16.7 Å². The predicted octanol–water partition coefficient (Wildman–Crippen LogP) is 1.81. The molecule has 4 rings (SSSR count). The maximum atomic E-state index is 11.4. The molecule has 3 aromatic rings. The number of H-pyrrole nitrogens is 1. The van der Waals surface area contributed by atoms with Crippen LogP contribution in [0.2, 0.25) is 0 Å². The Bertz CT molecular complexity index is 809. The number of hydrogen-bond acceptors (Lipinski definition) is 7. The zero-order valence-corrected chi connectivity index (χ0v) is 12.4. The number of anilines is 1. The van der Waals surface area contributed by atoms with Gasteiger partial charge in [0.2, 0.25) is 5.82 Å². The lowest BCUT2D eigenvalue weighted by Gasteiger charge is -2.31. The van der Waals surface area contributed by atoms with E-state index in [4.69, 9.17) is 0 Å². The van der Waals surface area contributed by atoms with Gasteiger partial charge in [-0.05, 0) is 17.8 Å². The molecule has 0 spiro atoms. The van der Waals surface area contributed by atoms with E-state index >= 15 is 0 Å². The molecule has 1 atom stereocenters. The molecule has 0 amide bonds. The Balaban J connectivity index is 1.70. The van der Waals surface area contributed by atoms with E-state index in [1.165, 1.54) is 22.1 Å². The van der Waals surface area contributed by atoms with E-state index in [9.17, 15) is 10.1 Å². The van der Waals surface area contributed by atoms with Gasteiger partial charge in [0.05, 0.1) is 0 Å². The number of aromatic amines is 1. The van der Waals surface area contributed by atoms with Gasteiger partial charge < -0.3 is 15.0 Å². The number of imidazole rings is 1. The van der Waals surface area contributed by atoms with Crippen LogP contribution < -0.4 is 4.90 Å². The summed E-state index contributed by atoms with van der Waals surface area (Å²) in [6.45, 7) is 1.41. The summed E-state index contributed by atoms with van der Waals surface area (Å²) in [5.41, 5.74) is 0. The van der Waals surface area contributed by atoms with Gasteiger partial charge in [-0.15, -0.1) is 0 Å². The molecule has 0 bridgehead atoms. The minimum Gasteiger partial charge on any atom is -0.358 e. The fourth-order valence-electron chi connectivity index (χ4n) is 2.95. The van der Waals surface area contributed by atoms with Crippen molar-refractivity contribution in [1.29, 1.82) is 0 Å². The molecular formula is C12H13N7O2S. The number of nitrogens with zero attached hydrogens (tertiary/aromatic N) is 6. The molecule has 4 heterocycles. The van der Waals surface area contributed by atoms with Gasteiger partial charge in [-0.3, -0.25) is 5.10 Å². The van der Waals surface area contributed by atoms with Crippen molar-refractivity contribution in [3.8, 4) is 0 Å². The zero-order valence-electron chi connectivity index (χ0n) is 11.5. The molecule has 1 aliphatic rings. The third kappa shape index (κ3) is 2.03.